The number of nitrogens with one attached hydrogen (secondary N) is 1. The van der Waals surface area contributed by atoms with Crippen molar-refractivity contribution in [2.45, 2.75) is 18.8 Å². The van der Waals surface area contributed by atoms with Crippen LogP contribution in [0.25, 0.3) is 0 Å². The summed E-state index contributed by atoms with van der Waals surface area (Å²) in [6, 6.07) is 3.49. The molecule has 5 nitrogen and oxygen atoms in total. The minimum Gasteiger partial charge on any atom is -0.496 e. The van der Waals surface area contributed by atoms with Crippen LogP contribution in [0, 0.1) is 0 Å². The maximum absolute atomic E-state index is 12.1. The predicted octanol–water partition coefficient (Wildman–Crippen LogP) is 1.51. The van der Waals surface area contributed by atoms with Gasteiger partial charge in [0.15, 0.2) is 5.78 Å². The molecule has 19 heavy (non-hydrogen) atoms. The van der Waals surface area contributed by atoms with Crippen molar-refractivity contribution in [3.05, 3.63) is 23.3 Å². The number of ketones is 1. The Hall–Kier alpha value is -2.04. The monoisotopic (exact) mass is 263 g/mol. The van der Waals surface area contributed by atoms with Crippen LogP contribution in [-0.2, 0) is 4.79 Å². The molecule has 1 aromatic carbocycles. The number of methoxy groups -OCH3 is 2. The Balaban J connectivity index is 2.48. The largest absolute Gasteiger partial charge is 0.496 e. The Kier molecular flexibility index (Phi) is 3.74. The standard InChI is InChI=1S/C14H17NO4/c1-15-12(17)7-8-6-9(16)14-11(19-3)5-4-10(18-2)13(8)14/h4-5,8H,6-7H2,1-3H3,(H,15,17). The van der Waals surface area contributed by atoms with E-state index in [9.17, 15) is 9.59 Å². The van der Waals surface area contributed by atoms with Gasteiger partial charge < -0.3 is 14.8 Å². The smallest absolute Gasteiger partial charge is 0.220 e. The SMILES string of the molecule is CNC(=O)CC1CC(=O)c2c(OC)ccc(OC)c21. The lowest BCUT2D eigenvalue weighted by atomic mass is 9.96. The van der Waals surface area contributed by atoms with E-state index < -0.39 is 0 Å². The molecule has 0 bridgehead atoms. The highest BCUT2D eigenvalue weighted by atomic mass is 16.5. The van der Waals surface area contributed by atoms with Gasteiger partial charge >= 0.3 is 0 Å². The van der Waals surface area contributed by atoms with Crippen molar-refractivity contribution in [2.24, 2.45) is 0 Å². The Morgan fingerprint density at radius 3 is 2.53 bits per heavy atom. The fourth-order valence-corrected chi connectivity index (χ4v) is 2.55. The van der Waals surface area contributed by atoms with E-state index >= 15 is 0 Å². The fraction of sp³-hybridized carbons (Fsp3) is 0.429. The van der Waals surface area contributed by atoms with Crippen molar-refractivity contribution in [1.82, 2.24) is 5.32 Å². The summed E-state index contributed by atoms with van der Waals surface area (Å²) in [5.41, 5.74) is 1.34. The summed E-state index contributed by atoms with van der Waals surface area (Å²) in [6.07, 6.45) is 0.595. The third-order valence-electron chi connectivity index (χ3n) is 3.44. The van der Waals surface area contributed by atoms with Crippen LogP contribution in [0.15, 0.2) is 12.1 Å². The van der Waals surface area contributed by atoms with E-state index in [1.807, 2.05) is 0 Å². The van der Waals surface area contributed by atoms with Gasteiger partial charge in [-0.15, -0.1) is 0 Å². The van der Waals surface area contributed by atoms with Crippen LogP contribution in [0.1, 0.15) is 34.7 Å². The normalized spacial score (nSPS) is 17.0. The van der Waals surface area contributed by atoms with Gasteiger partial charge in [-0.1, -0.05) is 0 Å². The van der Waals surface area contributed by atoms with Crippen LogP contribution in [0.3, 0.4) is 0 Å². The second-order valence-electron chi connectivity index (χ2n) is 4.46. The molecule has 1 N–H and O–H groups in total. The molecule has 5 heteroatoms. The summed E-state index contributed by atoms with van der Waals surface area (Å²) in [6.45, 7) is 0. The molecule has 1 amide bonds. The van der Waals surface area contributed by atoms with E-state index in [2.05, 4.69) is 5.32 Å². The summed E-state index contributed by atoms with van der Waals surface area (Å²) in [4.78, 5) is 23.7. The molecular weight excluding hydrogens is 246 g/mol. The van der Waals surface area contributed by atoms with Crippen LogP contribution in [0.5, 0.6) is 11.5 Å². The third kappa shape index (κ3) is 2.28. The zero-order valence-corrected chi connectivity index (χ0v) is 11.3. The van der Waals surface area contributed by atoms with E-state index in [1.54, 1.807) is 26.3 Å². The van der Waals surface area contributed by atoms with Crippen LogP contribution in [0.4, 0.5) is 0 Å². The van der Waals surface area contributed by atoms with Gasteiger partial charge in [0.25, 0.3) is 0 Å². The first-order valence-electron chi connectivity index (χ1n) is 6.11. The maximum Gasteiger partial charge on any atom is 0.220 e. The number of ether oxygens (including phenoxy) is 2. The van der Waals surface area contributed by atoms with Gasteiger partial charge in [0, 0.05) is 31.4 Å². The van der Waals surface area contributed by atoms with E-state index in [0.717, 1.165) is 5.56 Å². The number of fused-ring (bicyclic) bond motifs is 1. The molecule has 0 fully saturated rings. The van der Waals surface area contributed by atoms with Gasteiger partial charge in [-0.05, 0) is 12.1 Å². The molecule has 0 spiro atoms. The Bertz CT molecular complexity index is 524. The van der Waals surface area contributed by atoms with Gasteiger partial charge in [-0.3, -0.25) is 9.59 Å². The van der Waals surface area contributed by atoms with Crippen molar-refractivity contribution in [2.75, 3.05) is 21.3 Å². The topological polar surface area (TPSA) is 64.6 Å². The Morgan fingerprint density at radius 2 is 1.95 bits per heavy atom. The molecule has 1 unspecified atom stereocenters. The van der Waals surface area contributed by atoms with Gasteiger partial charge in [0.1, 0.15) is 11.5 Å². The first kappa shape index (κ1) is 13.4. The zero-order chi connectivity index (χ0) is 14.0. The molecular formula is C14H17NO4. The van der Waals surface area contributed by atoms with Crippen molar-refractivity contribution in [1.29, 1.82) is 0 Å². The van der Waals surface area contributed by atoms with Crippen molar-refractivity contribution in [3.8, 4) is 11.5 Å². The maximum atomic E-state index is 12.1. The number of hydrogen-bond donors (Lipinski definition) is 1. The van der Waals surface area contributed by atoms with Gasteiger partial charge in [0.2, 0.25) is 5.91 Å². The van der Waals surface area contributed by atoms with E-state index in [-0.39, 0.29) is 24.0 Å². The van der Waals surface area contributed by atoms with Crippen LogP contribution in [-0.4, -0.2) is 33.0 Å². The number of carbonyl (C=O) groups is 2. The highest BCUT2D eigenvalue weighted by Crippen LogP contribution is 2.45. The zero-order valence-electron chi connectivity index (χ0n) is 11.3. The average molecular weight is 263 g/mol. The highest BCUT2D eigenvalue weighted by molar-refractivity contribution is 6.05. The van der Waals surface area contributed by atoms with Crippen molar-refractivity contribution < 1.29 is 19.1 Å². The third-order valence-corrected chi connectivity index (χ3v) is 3.44. The van der Waals surface area contributed by atoms with Gasteiger partial charge in [0.05, 0.1) is 19.8 Å². The highest BCUT2D eigenvalue weighted by Gasteiger charge is 2.36. The number of rotatable bonds is 4. The van der Waals surface area contributed by atoms with E-state index in [4.69, 9.17) is 9.47 Å². The Morgan fingerprint density at radius 1 is 1.32 bits per heavy atom. The molecule has 0 saturated carbocycles. The van der Waals surface area contributed by atoms with Gasteiger partial charge in [-0.2, -0.15) is 0 Å². The number of benzene rings is 1. The molecule has 1 atom stereocenters. The minimum absolute atomic E-state index is 0.000321. The van der Waals surface area contributed by atoms with Crippen LogP contribution >= 0.6 is 0 Å². The number of hydrogen-bond acceptors (Lipinski definition) is 4. The lowest BCUT2D eigenvalue weighted by Crippen LogP contribution is -2.20. The first-order chi connectivity index (χ1) is 9.12. The first-order valence-corrected chi connectivity index (χ1v) is 6.11. The molecule has 0 radical (unpaired) electrons. The van der Waals surface area contributed by atoms with Crippen LogP contribution in [0.2, 0.25) is 0 Å². The predicted molar refractivity (Wildman–Crippen MR) is 69.9 cm³/mol. The molecule has 1 aliphatic rings. The Labute approximate surface area is 111 Å². The quantitative estimate of drug-likeness (QED) is 0.894. The van der Waals surface area contributed by atoms with Crippen molar-refractivity contribution in [3.63, 3.8) is 0 Å². The van der Waals surface area contributed by atoms with Gasteiger partial charge in [-0.25, -0.2) is 0 Å². The summed E-state index contributed by atoms with van der Waals surface area (Å²) < 4.78 is 10.5. The fourth-order valence-electron chi connectivity index (χ4n) is 2.55. The van der Waals surface area contributed by atoms with Crippen molar-refractivity contribution >= 4 is 11.7 Å². The second-order valence-corrected chi connectivity index (χ2v) is 4.46. The average Bonchev–Trinajstić information content (AvgIpc) is 2.75. The number of Topliss-reactive ketones (excluding diaryl/α,β-unsaturated/α-hetero) is 1. The minimum atomic E-state index is -0.146. The van der Waals surface area contributed by atoms with E-state index in [0.29, 0.717) is 23.5 Å². The summed E-state index contributed by atoms with van der Waals surface area (Å²) in [5.74, 6) is 0.943. The molecule has 0 aromatic heterocycles. The summed E-state index contributed by atoms with van der Waals surface area (Å²) in [7, 11) is 4.67. The molecule has 1 aliphatic carbocycles. The summed E-state index contributed by atoms with van der Waals surface area (Å²) >= 11 is 0. The number of amides is 1. The van der Waals surface area contributed by atoms with E-state index in [1.165, 1.54) is 7.11 Å². The summed E-state index contributed by atoms with van der Waals surface area (Å²) in [5, 5.41) is 2.58. The molecule has 0 aliphatic heterocycles. The lowest BCUT2D eigenvalue weighted by molar-refractivity contribution is -0.120. The van der Waals surface area contributed by atoms with Crippen LogP contribution < -0.4 is 14.8 Å². The molecule has 102 valence electrons. The lowest BCUT2D eigenvalue weighted by Gasteiger charge is -2.15. The molecule has 0 saturated heterocycles. The molecule has 1 aromatic rings. The number of carbonyl (C=O) groups excluding carboxylic acids is 2. The molecule has 0 heterocycles. The second kappa shape index (κ2) is 5.30. The molecule has 2 rings (SSSR count).